The normalized spacial score (nSPS) is 21.9. The van der Waals surface area contributed by atoms with E-state index in [0.29, 0.717) is 6.42 Å². The summed E-state index contributed by atoms with van der Waals surface area (Å²) in [6.45, 7) is 0. The third-order valence-electron chi connectivity index (χ3n) is 3.05. The Labute approximate surface area is 106 Å². The molecule has 0 fully saturated rings. The number of nitrogens with zero attached hydrogens (tertiary/aromatic N) is 1. The SMILES string of the molecule is COC(=O)C1(C#N)C=CC(c2ccccc2)=CC1. The molecule has 3 nitrogen and oxygen atoms in total. The standard InChI is InChI=1S/C15H13NO2/c1-18-14(17)15(11-16)9-7-13(8-10-15)12-5-3-2-4-6-12/h2-9H,10H2,1H3. The van der Waals surface area contributed by atoms with Crippen LogP contribution in [0.25, 0.3) is 5.57 Å². The Kier molecular flexibility index (Phi) is 3.29. The zero-order chi connectivity index (χ0) is 13.0. The predicted octanol–water partition coefficient (Wildman–Crippen LogP) is 2.71. The van der Waals surface area contributed by atoms with Crippen LogP contribution in [0.5, 0.6) is 0 Å². The molecule has 0 heterocycles. The molecule has 3 heteroatoms. The monoisotopic (exact) mass is 239 g/mol. The largest absolute Gasteiger partial charge is 0.468 e. The average molecular weight is 239 g/mol. The van der Waals surface area contributed by atoms with Gasteiger partial charge in [0.25, 0.3) is 0 Å². The number of carbonyl (C=O) groups excluding carboxylic acids is 1. The first-order valence-electron chi connectivity index (χ1n) is 5.66. The van der Waals surface area contributed by atoms with Gasteiger partial charge in [-0.25, -0.2) is 4.79 Å². The third kappa shape index (κ3) is 2.05. The van der Waals surface area contributed by atoms with Crippen LogP contribution < -0.4 is 0 Å². The summed E-state index contributed by atoms with van der Waals surface area (Å²) in [6, 6.07) is 11.9. The smallest absolute Gasteiger partial charge is 0.330 e. The molecule has 0 radical (unpaired) electrons. The van der Waals surface area contributed by atoms with Gasteiger partial charge >= 0.3 is 5.97 Å². The van der Waals surface area contributed by atoms with Gasteiger partial charge in [-0.2, -0.15) is 5.26 Å². The molecule has 0 aliphatic heterocycles. The lowest BCUT2D eigenvalue weighted by Crippen LogP contribution is -2.29. The van der Waals surface area contributed by atoms with Crippen molar-refractivity contribution in [3.8, 4) is 6.07 Å². The number of benzene rings is 1. The molecule has 1 aromatic rings. The molecule has 1 aliphatic carbocycles. The van der Waals surface area contributed by atoms with Gasteiger partial charge in [-0.3, -0.25) is 0 Å². The lowest BCUT2D eigenvalue weighted by atomic mass is 9.80. The molecule has 1 unspecified atom stereocenters. The van der Waals surface area contributed by atoms with E-state index >= 15 is 0 Å². The Morgan fingerprint density at radius 3 is 2.61 bits per heavy atom. The van der Waals surface area contributed by atoms with Crippen molar-refractivity contribution in [1.29, 1.82) is 5.26 Å². The summed E-state index contributed by atoms with van der Waals surface area (Å²) in [7, 11) is 1.30. The minimum absolute atomic E-state index is 0.344. The van der Waals surface area contributed by atoms with Gasteiger partial charge in [0, 0.05) is 0 Å². The molecule has 1 atom stereocenters. The highest BCUT2D eigenvalue weighted by Crippen LogP contribution is 2.33. The maximum atomic E-state index is 11.6. The van der Waals surface area contributed by atoms with Crippen LogP contribution in [0.4, 0.5) is 0 Å². The van der Waals surface area contributed by atoms with Gasteiger partial charge in [-0.1, -0.05) is 48.6 Å². The number of hydrogen-bond donors (Lipinski definition) is 0. The van der Waals surface area contributed by atoms with Crippen LogP contribution in [0, 0.1) is 16.7 Å². The number of methoxy groups -OCH3 is 1. The van der Waals surface area contributed by atoms with E-state index in [1.165, 1.54) is 7.11 Å². The molecular formula is C15H13NO2. The maximum absolute atomic E-state index is 11.6. The Morgan fingerprint density at radius 1 is 1.39 bits per heavy atom. The van der Waals surface area contributed by atoms with Gasteiger partial charge < -0.3 is 4.74 Å². The molecule has 1 aliphatic rings. The molecule has 0 aromatic heterocycles. The number of carbonyl (C=O) groups is 1. The quantitative estimate of drug-likeness (QED) is 0.745. The molecule has 0 saturated heterocycles. The minimum Gasteiger partial charge on any atom is -0.468 e. The van der Waals surface area contributed by atoms with Gasteiger partial charge in [0.2, 0.25) is 0 Å². The number of nitriles is 1. The number of allylic oxidation sites excluding steroid dienone is 3. The molecule has 0 saturated carbocycles. The summed E-state index contributed by atoms with van der Waals surface area (Å²) in [5, 5.41) is 9.17. The topological polar surface area (TPSA) is 50.1 Å². The second-order valence-electron chi connectivity index (χ2n) is 4.14. The van der Waals surface area contributed by atoms with E-state index in [0.717, 1.165) is 11.1 Å². The average Bonchev–Trinajstić information content (AvgIpc) is 2.47. The molecule has 0 amide bonds. The van der Waals surface area contributed by atoms with Gasteiger partial charge in [0.1, 0.15) is 0 Å². The first-order chi connectivity index (χ1) is 8.72. The van der Waals surface area contributed by atoms with E-state index in [2.05, 4.69) is 4.74 Å². The summed E-state index contributed by atoms with van der Waals surface area (Å²) in [5.74, 6) is -0.510. The van der Waals surface area contributed by atoms with Crippen LogP contribution >= 0.6 is 0 Å². The summed E-state index contributed by atoms with van der Waals surface area (Å²) < 4.78 is 4.68. The molecule has 0 bridgehead atoms. The Morgan fingerprint density at radius 2 is 2.11 bits per heavy atom. The number of hydrogen-bond acceptors (Lipinski definition) is 3. The van der Waals surface area contributed by atoms with E-state index in [4.69, 9.17) is 5.26 Å². The molecule has 0 N–H and O–H groups in total. The van der Waals surface area contributed by atoms with E-state index in [1.54, 1.807) is 12.2 Å². The molecule has 18 heavy (non-hydrogen) atoms. The van der Waals surface area contributed by atoms with Crippen molar-refractivity contribution in [1.82, 2.24) is 0 Å². The second kappa shape index (κ2) is 4.89. The number of ether oxygens (including phenoxy) is 1. The molecule has 0 spiro atoms. The lowest BCUT2D eigenvalue weighted by molar-refractivity contribution is -0.146. The summed E-state index contributed by atoms with van der Waals surface area (Å²) in [6.07, 6.45) is 5.67. The molecule has 1 aromatic carbocycles. The van der Waals surface area contributed by atoms with Crippen LogP contribution in [-0.2, 0) is 9.53 Å². The molecular weight excluding hydrogens is 226 g/mol. The van der Waals surface area contributed by atoms with Crippen molar-refractivity contribution in [2.75, 3.05) is 7.11 Å². The van der Waals surface area contributed by atoms with Gasteiger partial charge in [-0.05, 0) is 17.6 Å². The first-order valence-corrected chi connectivity index (χ1v) is 5.66. The van der Waals surface area contributed by atoms with E-state index < -0.39 is 11.4 Å². The van der Waals surface area contributed by atoms with Crippen molar-refractivity contribution in [3.63, 3.8) is 0 Å². The third-order valence-corrected chi connectivity index (χ3v) is 3.05. The highest BCUT2D eigenvalue weighted by atomic mass is 16.5. The number of esters is 1. The van der Waals surface area contributed by atoms with Crippen LogP contribution in [0.1, 0.15) is 12.0 Å². The highest BCUT2D eigenvalue weighted by molar-refractivity contribution is 5.86. The minimum atomic E-state index is -1.17. The van der Waals surface area contributed by atoms with Crippen molar-refractivity contribution in [2.24, 2.45) is 5.41 Å². The summed E-state index contributed by atoms with van der Waals surface area (Å²) in [4.78, 5) is 11.6. The van der Waals surface area contributed by atoms with E-state index in [1.807, 2.05) is 42.5 Å². The maximum Gasteiger partial charge on any atom is 0.330 e. The van der Waals surface area contributed by atoms with Crippen LogP contribution in [0.3, 0.4) is 0 Å². The van der Waals surface area contributed by atoms with Crippen molar-refractivity contribution < 1.29 is 9.53 Å². The van der Waals surface area contributed by atoms with Crippen molar-refractivity contribution in [3.05, 3.63) is 54.1 Å². The summed E-state index contributed by atoms with van der Waals surface area (Å²) >= 11 is 0. The fourth-order valence-corrected chi connectivity index (χ4v) is 1.95. The van der Waals surface area contributed by atoms with E-state index in [-0.39, 0.29) is 0 Å². The Bertz CT molecular complexity index is 552. The zero-order valence-electron chi connectivity index (χ0n) is 10.1. The Hall–Kier alpha value is -2.34. The lowest BCUT2D eigenvalue weighted by Gasteiger charge is -2.22. The van der Waals surface area contributed by atoms with E-state index in [9.17, 15) is 4.79 Å². The van der Waals surface area contributed by atoms with Crippen molar-refractivity contribution in [2.45, 2.75) is 6.42 Å². The fourth-order valence-electron chi connectivity index (χ4n) is 1.95. The fraction of sp³-hybridized carbons (Fsp3) is 0.200. The second-order valence-corrected chi connectivity index (χ2v) is 4.14. The Balaban J connectivity index is 2.27. The van der Waals surface area contributed by atoms with Gasteiger partial charge in [-0.15, -0.1) is 0 Å². The highest BCUT2D eigenvalue weighted by Gasteiger charge is 2.38. The predicted molar refractivity (Wildman–Crippen MR) is 68.2 cm³/mol. The molecule has 90 valence electrons. The van der Waals surface area contributed by atoms with Crippen LogP contribution in [0.2, 0.25) is 0 Å². The first kappa shape index (κ1) is 12.1. The van der Waals surface area contributed by atoms with Crippen molar-refractivity contribution >= 4 is 11.5 Å². The van der Waals surface area contributed by atoms with Crippen LogP contribution in [0.15, 0.2) is 48.6 Å². The van der Waals surface area contributed by atoms with Gasteiger partial charge in [0.15, 0.2) is 5.41 Å². The summed E-state index contributed by atoms with van der Waals surface area (Å²) in [5.41, 5.74) is 0.920. The van der Waals surface area contributed by atoms with Crippen LogP contribution in [-0.4, -0.2) is 13.1 Å². The number of rotatable bonds is 2. The van der Waals surface area contributed by atoms with Gasteiger partial charge in [0.05, 0.1) is 13.2 Å². The molecule has 2 rings (SSSR count). The zero-order valence-corrected chi connectivity index (χ0v) is 10.1.